The molecule has 20 heavy (non-hydrogen) atoms. The molecule has 0 aromatic heterocycles. The molecule has 6 heteroatoms. The average molecular weight is 306 g/mol. The summed E-state index contributed by atoms with van der Waals surface area (Å²) in [6, 6.07) is 0. The van der Waals surface area contributed by atoms with Crippen molar-refractivity contribution in [2.75, 3.05) is 33.2 Å². The summed E-state index contributed by atoms with van der Waals surface area (Å²) in [6.07, 6.45) is 4.66. The van der Waals surface area contributed by atoms with Crippen LogP contribution in [0.4, 0.5) is 0 Å². The number of hydrogen-bond donors (Lipinski definition) is 2. The van der Waals surface area contributed by atoms with Gasteiger partial charge in [-0.1, -0.05) is 6.92 Å². The number of carbonyl (C=O) groups excluding carboxylic acids is 2. The molecular weight excluding hydrogens is 278 g/mol. The fourth-order valence-electron chi connectivity index (χ4n) is 2.42. The van der Waals surface area contributed by atoms with Crippen LogP contribution in [0.15, 0.2) is 0 Å². The van der Waals surface area contributed by atoms with E-state index in [2.05, 4.69) is 10.6 Å². The summed E-state index contributed by atoms with van der Waals surface area (Å²) >= 11 is 0. The first kappa shape index (κ1) is 19.2. The fraction of sp³-hybridized carbons (Fsp3) is 0.857. The van der Waals surface area contributed by atoms with Crippen molar-refractivity contribution in [3.63, 3.8) is 0 Å². The maximum absolute atomic E-state index is 11.9. The van der Waals surface area contributed by atoms with E-state index in [0.29, 0.717) is 6.42 Å². The minimum absolute atomic E-state index is 0. The van der Waals surface area contributed by atoms with Crippen LogP contribution in [0.2, 0.25) is 0 Å². The van der Waals surface area contributed by atoms with Crippen LogP contribution < -0.4 is 10.6 Å². The molecule has 0 bridgehead atoms. The molecule has 0 unspecified atom stereocenters. The molecule has 0 radical (unpaired) electrons. The second kappa shape index (κ2) is 10.9. The lowest BCUT2D eigenvalue weighted by atomic mass is 9.93. The molecule has 0 aromatic carbocycles. The molecule has 2 amide bonds. The highest BCUT2D eigenvalue weighted by Gasteiger charge is 2.22. The van der Waals surface area contributed by atoms with Gasteiger partial charge in [-0.25, -0.2) is 0 Å². The van der Waals surface area contributed by atoms with Crippen LogP contribution in [-0.4, -0.2) is 49.9 Å². The third-order valence-corrected chi connectivity index (χ3v) is 3.68. The van der Waals surface area contributed by atoms with Crippen molar-refractivity contribution in [3.8, 4) is 0 Å². The number of halogens is 1. The molecule has 2 N–H and O–H groups in total. The maximum Gasteiger partial charge on any atom is 0.241 e. The Labute approximate surface area is 128 Å². The number of amides is 2. The van der Waals surface area contributed by atoms with E-state index in [0.717, 1.165) is 44.8 Å². The summed E-state index contributed by atoms with van der Waals surface area (Å²) < 4.78 is 0. The molecule has 1 fully saturated rings. The van der Waals surface area contributed by atoms with Crippen molar-refractivity contribution in [1.82, 2.24) is 15.5 Å². The topological polar surface area (TPSA) is 61.4 Å². The second-order valence-corrected chi connectivity index (χ2v) is 5.24. The molecule has 0 aliphatic carbocycles. The summed E-state index contributed by atoms with van der Waals surface area (Å²) in [5, 5.41) is 5.85. The third-order valence-electron chi connectivity index (χ3n) is 3.68. The lowest BCUT2D eigenvalue weighted by molar-refractivity contribution is -0.134. The number of carbonyl (C=O) groups is 2. The Bertz CT molecular complexity index is 292. The summed E-state index contributed by atoms with van der Waals surface area (Å²) in [7, 11) is 1.97. The largest absolute Gasteiger partial charge is 0.347 e. The summed E-state index contributed by atoms with van der Waals surface area (Å²) in [5.41, 5.74) is 0. The van der Waals surface area contributed by atoms with E-state index in [9.17, 15) is 9.59 Å². The summed E-state index contributed by atoms with van der Waals surface area (Å²) in [4.78, 5) is 25.1. The van der Waals surface area contributed by atoms with Crippen molar-refractivity contribution in [1.29, 1.82) is 0 Å². The van der Waals surface area contributed by atoms with Crippen molar-refractivity contribution in [2.45, 2.75) is 39.0 Å². The Morgan fingerprint density at radius 2 is 1.90 bits per heavy atom. The molecule has 0 spiro atoms. The van der Waals surface area contributed by atoms with Gasteiger partial charge in [-0.2, -0.15) is 0 Å². The Morgan fingerprint density at radius 3 is 2.45 bits per heavy atom. The number of likely N-dealkylation sites (tertiary alicyclic amines) is 1. The SMILES string of the molecule is CCCC(=O)NCC(=O)N1CCC(CCNC)CC1.Cl. The number of rotatable bonds is 7. The van der Waals surface area contributed by atoms with Crippen LogP contribution in [0.25, 0.3) is 0 Å². The number of nitrogens with zero attached hydrogens (tertiary/aromatic N) is 1. The highest BCUT2D eigenvalue weighted by atomic mass is 35.5. The van der Waals surface area contributed by atoms with Gasteiger partial charge in [-0.05, 0) is 45.2 Å². The molecule has 118 valence electrons. The molecule has 1 heterocycles. The highest BCUT2D eigenvalue weighted by Crippen LogP contribution is 2.19. The predicted molar refractivity (Wildman–Crippen MR) is 83.0 cm³/mol. The van der Waals surface area contributed by atoms with Gasteiger partial charge >= 0.3 is 0 Å². The zero-order valence-corrected chi connectivity index (χ0v) is 13.4. The zero-order valence-electron chi connectivity index (χ0n) is 12.6. The Morgan fingerprint density at radius 1 is 1.25 bits per heavy atom. The fourth-order valence-corrected chi connectivity index (χ4v) is 2.42. The first-order valence-corrected chi connectivity index (χ1v) is 7.36. The van der Waals surface area contributed by atoms with Gasteiger partial charge in [0, 0.05) is 19.5 Å². The smallest absolute Gasteiger partial charge is 0.241 e. The molecule has 0 atom stereocenters. The van der Waals surface area contributed by atoms with E-state index in [-0.39, 0.29) is 30.8 Å². The van der Waals surface area contributed by atoms with Crippen LogP contribution >= 0.6 is 12.4 Å². The first-order chi connectivity index (χ1) is 9.17. The van der Waals surface area contributed by atoms with E-state index in [4.69, 9.17) is 0 Å². The van der Waals surface area contributed by atoms with Crippen molar-refractivity contribution in [3.05, 3.63) is 0 Å². The standard InChI is InChI=1S/C14H27N3O2.ClH/c1-3-4-13(18)16-11-14(19)17-9-6-12(7-10-17)5-8-15-2;/h12,15H,3-11H2,1-2H3,(H,16,18);1H. The maximum atomic E-state index is 11.9. The predicted octanol–water partition coefficient (Wildman–Crippen LogP) is 1.17. The van der Waals surface area contributed by atoms with Gasteiger partial charge < -0.3 is 15.5 Å². The van der Waals surface area contributed by atoms with E-state index in [1.54, 1.807) is 0 Å². The molecule has 0 saturated carbocycles. The lowest BCUT2D eigenvalue weighted by Crippen LogP contribution is -2.44. The Kier molecular flexibility index (Phi) is 10.5. The van der Waals surface area contributed by atoms with Crippen LogP contribution in [0.5, 0.6) is 0 Å². The van der Waals surface area contributed by atoms with Gasteiger partial charge in [0.15, 0.2) is 0 Å². The van der Waals surface area contributed by atoms with Crippen LogP contribution in [-0.2, 0) is 9.59 Å². The second-order valence-electron chi connectivity index (χ2n) is 5.24. The molecule has 0 aromatic rings. The Hall–Kier alpha value is -0.810. The first-order valence-electron chi connectivity index (χ1n) is 7.36. The third kappa shape index (κ3) is 7.10. The van der Waals surface area contributed by atoms with E-state index in [1.807, 2.05) is 18.9 Å². The lowest BCUT2D eigenvalue weighted by Gasteiger charge is -2.32. The van der Waals surface area contributed by atoms with E-state index in [1.165, 1.54) is 6.42 Å². The molecule has 1 aliphatic heterocycles. The number of piperidine rings is 1. The minimum atomic E-state index is -0.0280. The van der Waals surface area contributed by atoms with Crippen molar-refractivity contribution >= 4 is 24.2 Å². The van der Waals surface area contributed by atoms with Gasteiger partial charge in [0.05, 0.1) is 6.54 Å². The van der Waals surface area contributed by atoms with Crippen LogP contribution in [0.1, 0.15) is 39.0 Å². The van der Waals surface area contributed by atoms with Crippen molar-refractivity contribution < 1.29 is 9.59 Å². The quantitative estimate of drug-likeness (QED) is 0.742. The van der Waals surface area contributed by atoms with Crippen LogP contribution in [0.3, 0.4) is 0 Å². The van der Waals surface area contributed by atoms with E-state index >= 15 is 0 Å². The van der Waals surface area contributed by atoms with Gasteiger partial charge in [0.2, 0.25) is 11.8 Å². The summed E-state index contributed by atoms with van der Waals surface area (Å²) in [6.45, 7) is 4.82. The highest BCUT2D eigenvalue weighted by molar-refractivity contribution is 5.85. The van der Waals surface area contributed by atoms with Crippen LogP contribution in [0, 0.1) is 5.92 Å². The molecule has 1 saturated heterocycles. The molecule has 1 aliphatic rings. The number of hydrogen-bond acceptors (Lipinski definition) is 3. The summed E-state index contributed by atoms with van der Waals surface area (Å²) in [5.74, 6) is 0.752. The minimum Gasteiger partial charge on any atom is -0.347 e. The normalized spacial score (nSPS) is 15.6. The van der Waals surface area contributed by atoms with Gasteiger partial charge in [0.25, 0.3) is 0 Å². The van der Waals surface area contributed by atoms with Gasteiger partial charge in [0.1, 0.15) is 0 Å². The van der Waals surface area contributed by atoms with Gasteiger partial charge in [-0.3, -0.25) is 9.59 Å². The zero-order chi connectivity index (χ0) is 14.1. The monoisotopic (exact) mass is 305 g/mol. The van der Waals surface area contributed by atoms with Gasteiger partial charge in [-0.15, -0.1) is 12.4 Å². The average Bonchev–Trinajstić information content (AvgIpc) is 2.43. The number of nitrogens with one attached hydrogen (secondary N) is 2. The van der Waals surface area contributed by atoms with E-state index < -0.39 is 0 Å². The molecular formula is C14H28ClN3O2. The molecule has 1 rings (SSSR count). The Balaban J connectivity index is 0.00000361. The molecule has 5 nitrogen and oxygen atoms in total. The van der Waals surface area contributed by atoms with Crippen molar-refractivity contribution in [2.24, 2.45) is 5.92 Å².